The number of aliphatic hydroxyl groups excluding tert-OH is 1. The van der Waals surface area contributed by atoms with Gasteiger partial charge in [-0.1, -0.05) is 17.7 Å². The first kappa shape index (κ1) is 14.7. The Balaban J connectivity index is 2.22. The number of rotatable bonds is 3. The van der Waals surface area contributed by atoms with E-state index in [9.17, 15) is 13.9 Å². The Morgan fingerprint density at radius 3 is 2.58 bits per heavy atom. The molecule has 0 aromatic heterocycles. The normalized spacial score (nSPS) is 12.5. The standard InChI is InChI=1S/C14H10ClF2IO/c15-11-6-8(1-4-13(11)18)14(19)7-9-5-10(16)2-3-12(9)17/h1-6,14,19H,7H2. The lowest BCUT2D eigenvalue weighted by Crippen LogP contribution is -2.04. The fourth-order valence-corrected chi connectivity index (χ4v) is 2.27. The molecule has 1 nitrogen and oxygen atoms in total. The molecule has 19 heavy (non-hydrogen) atoms. The lowest BCUT2D eigenvalue weighted by Gasteiger charge is -2.12. The summed E-state index contributed by atoms with van der Waals surface area (Å²) in [5.41, 5.74) is 0.719. The molecule has 1 N–H and O–H groups in total. The van der Waals surface area contributed by atoms with Crippen LogP contribution in [0.2, 0.25) is 5.02 Å². The summed E-state index contributed by atoms with van der Waals surface area (Å²) in [6, 6.07) is 8.31. The van der Waals surface area contributed by atoms with Crippen LogP contribution in [0.5, 0.6) is 0 Å². The van der Waals surface area contributed by atoms with Crippen LogP contribution in [0, 0.1) is 15.2 Å². The molecule has 100 valence electrons. The number of hydrogen-bond acceptors (Lipinski definition) is 1. The van der Waals surface area contributed by atoms with Crippen molar-refractivity contribution in [1.82, 2.24) is 0 Å². The third kappa shape index (κ3) is 3.64. The summed E-state index contributed by atoms with van der Waals surface area (Å²) in [7, 11) is 0. The molecule has 0 amide bonds. The summed E-state index contributed by atoms with van der Waals surface area (Å²) in [4.78, 5) is 0. The minimum Gasteiger partial charge on any atom is -0.388 e. The van der Waals surface area contributed by atoms with Gasteiger partial charge in [0.1, 0.15) is 11.6 Å². The molecule has 1 unspecified atom stereocenters. The maximum absolute atomic E-state index is 13.5. The van der Waals surface area contributed by atoms with Gasteiger partial charge in [0.2, 0.25) is 0 Å². The summed E-state index contributed by atoms with van der Waals surface area (Å²) in [5.74, 6) is -1.05. The van der Waals surface area contributed by atoms with Crippen LogP contribution in [0.4, 0.5) is 8.78 Å². The molecule has 0 saturated carbocycles. The maximum atomic E-state index is 13.5. The lowest BCUT2D eigenvalue weighted by molar-refractivity contribution is 0.177. The number of halogens is 4. The van der Waals surface area contributed by atoms with Gasteiger partial charge in [-0.05, 0) is 64.0 Å². The molecule has 5 heteroatoms. The Bertz CT molecular complexity index is 604. The van der Waals surface area contributed by atoms with Crippen LogP contribution in [-0.2, 0) is 6.42 Å². The number of hydrogen-bond donors (Lipinski definition) is 1. The van der Waals surface area contributed by atoms with Crippen LogP contribution in [0.1, 0.15) is 17.2 Å². The summed E-state index contributed by atoms with van der Waals surface area (Å²) < 4.78 is 27.4. The Kier molecular flexibility index (Phi) is 4.76. The first-order valence-electron chi connectivity index (χ1n) is 5.54. The monoisotopic (exact) mass is 394 g/mol. The van der Waals surface area contributed by atoms with Crippen LogP contribution < -0.4 is 0 Å². The fraction of sp³-hybridized carbons (Fsp3) is 0.143. The van der Waals surface area contributed by atoms with E-state index in [1.165, 1.54) is 0 Å². The smallest absolute Gasteiger partial charge is 0.126 e. The van der Waals surface area contributed by atoms with Gasteiger partial charge in [0.15, 0.2) is 0 Å². The van der Waals surface area contributed by atoms with Crippen molar-refractivity contribution in [1.29, 1.82) is 0 Å². The minimum absolute atomic E-state index is 0.000511. The fourth-order valence-electron chi connectivity index (χ4n) is 1.75. The highest BCUT2D eigenvalue weighted by atomic mass is 127. The van der Waals surface area contributed by atoms with Gasteiger partial charge in [0, 0.05) is 9.99 Å². The van der Waals surface area contributed by atoms with Crippen LogP contribution in [0.25, 0.3) is 0 Å². The Morgan fingerprint density at radius 1 is 1.16 bits per heavy atom. The lowest BCUT2D eigenvalue weighted by atomic mass is 10.0. The van der Waals surface area contributed by atoms with Gasteiger partial charge in [-0.2, -0.15) is 0 Å². The molecular weight excluding hydrogens is 385 g/mol. The van der Waals surface area contributed by atoms with Gasteiger partial charge < -0.3 is 5.11 Å². The van der Waals surface area contributed by atoms with Gasteiger partial charge in [-0.25, -0.2) is 8.78 Å². The van der Waals surface area contributed by atoms with Gasteiger partial charge >= 0.3 is 0 Å². The highest BCUT2D eigenvalue weighted by molar-refractivity contribution is 14.1. The Hall–Kier alpha value is -0.720. The molecule has 0 spiro atoms. The van der Waals surface area contributed by atoms with E-state index in [2.05, 4.69) is 22.6 Å². The summed E-state index contributed by atoms with van der Waals surface area (Å²) in [5, 5.41) is 10.6. The number of aliphatic hydroxyl groups is 1. The second-order valence-corrected chi connectivity index (χ2v) is 5.70. The highest BCUT2D eigenvalue weighted by Crippen LogP contribution is 2.26. The zero-order valence-electron chi connectivity index (χ0n) is 9.71. The predicted molar refractivity (Wildman–Crippen MR) is 79.2 cm³/mol. The summed E-state index contributed by atoms with van der Waals surface area (Å²) >= 11 is 8.04. The van der Waals surface area contributed by atoms with Gasteiger partial charge in [-0.15, -0.1) is 0 Å². The van der Waals surface area contributed by atoms with E-state index in [4.69, 9.17) is 11.6 Å². The van der Waals surface area contributed by atoms with Crippen molar-refractivity contribution in [2.45, 2.75) is 12.5 Å². The molecule has 0 aliphatic rings. The quantitative estimate of drug-likeness (QED) is 0.760. The molecule has 2 aromatic rings. The SMILES string of the molecule is OC(Cc1cc(F)ccc1F)c1ccc(I)c(Cl)c1. The topological polar surface area (TPSA) is 20.2 Å². The molecule has 0 bridgehead atoms. The van der Waals surface area contributed by atoms with E-state index in [1.807, 2.05) is 0 Å². The third-order valence-corrected chi connectivity index (χ3v) is 4.32. The van der Waals surface area contributed by atoms with E-state index in [0.29, 0.717) is 10.6 Å². The van der Waals surface area contributed by atoms with Gasteiger partial charge in [-0.3, -0.25) is 0 Å². The summed E-state index contributed by atoms with van der Waals surface area (Å²) in [6.07, 6.45) is -0.925. The molecule has 0 saturated heterocycles. The van der Waals surface area contributed by atoms with E-state index in [1.54, 1.807) is 18.2 Å². The molecule has 0 radical (unpaired) electrons. The Morgan fingerprint density at radius 2 is 1.89 bits per heavy atom. The molecule has 1 atom stereocenters. The van der Waals surface area contributed by atoms with Gasteiger partial charge in [0.05, 0.1) is 11.1 Å². The van der Waals surface area contributed by atoms with Crippen molar-refractivity contribution in [3.63, 3.8) is 0 Å². The zero-order chi connectivity index (χ0) is 14.0. The molecule has 0 heterocycles. The van der Waals surface area contributed by atoms with Crippen LogP contribution in [0.3, 0.4) is 0 Å². The molecular formula is C14H10ClF2IO. The molecule has 0 fully saturated rings. The minimum atomic E-state index is -0.925. The molecule has 2 aromatic carbocycles. The average Bonchev–Trinajstić information content (AvgIpc) is 2.37. The average molecular weight is 395 g/mol. The highest BCUT2D eigenvalue weighted by Gasteiger charge is 2.13. The van der Waals surface area contributed by atoms with E-state index in [-0.39, 0.29) is 12.0 Å². The van der Waals surface area contributed by atoms with Crippen LogP contribution >= 0.6 is 34.2 Å². The second-order valence-electron chi connectivity index (χ2n) is 4.13. The van der Waals surface area contributed by atoms with Crippen molar-refractivity contribution < 1.29 is 13.9 Å². The van der Waals surface area contributed by atoms with E-state index in [0.717, 1.165) is 21.8 Å². The van der Waals surface area contributed by atoms with E-state index >= 15 is 0 Å². The van der Waals surface area contributed by atoms with Crippen molar-refractivity contribution in [2.75, 3.05) is 0 Å². The van der Waals surface area contributed by atoms with Gasteiger partial charge in [0.25, 0.3) is 0 Å². The van der Waals surface area contributed by atoms with Crippen molar-refractivity contribution >= 4 is 34.2 Å². The first-order chi connectivity index (χ1) is 8.97. The van der Waals surface area contributed by atoms with Crippen LogP contribution in [-0.4, -0.2) is 5.11 Å². The Labute approximate surface area is 128 Å². The molecule has 0 aliphatic heterocycles. The zero-order valence-corrected chi connectivity index (χ0v) is 12.6. The van der Waals surface area contributed by atoms with Crippen molar-refractivity contribution in [2.24, 2.45) is 0 Å². The van der Waals surface area contributed by atoms with Crippen LogP contribution in [0.15, 0.2) is 36.4 Å². The molecule has 2 rings (SSSR count). The number of benzene rings is 2. The van der Waals surface area contributed by atoms with E-state index < -0.39 is 17.7 Å². The predicted octanol–water partition coefficient (Wildman–Crippen LogP) is 4.50. The largest absolute Gasteiger partial charge is 0.388 e. The summed E-state index contributed by atoms with van der Waals surface area (Å²) in [6.45, 7) is 0. The molecule has 0 aliphatic carbocycles. The maximum Gasteiger partial charge on any atom is 0.126 e. The van der Waals surface area contributed by atoms with Crippen molar-refractivity contribution in [3.05, 3.63) is 67.8 Å². The third-order valence-electron chi connectivity index (χ3n) is 2.75. The first-order valence-corrected chi connectivity index (χ1v) is 7.00. The second kappa shape index (κ2) is 6.15. The van der Waals surface area contributed by atoms with Crippen molar-refractivity contribution in [3.8, 4) is 0 Å².